The standard InChI is InChI=1S/C18H18FN5/c1-13-2-4-14(5-3-13)11-21-18-23-17(12-22-24-18)20-10-15-6-8-16(19)9-7-15/h2-9,12H,10-11H2,1H3,(H2,20,21,23,24). The lowest BCUT2D eigenvalue weighted by Gasteiger charge is -2.08. The summed E-state index contributed by atoms with van der Waals surface area (Å²) in [4.78, 5) is 4.37. The van der Waals surface area contributed by atoms with Gasteiger partial charge in [0.1, 0.15) is 5.82 Å². The summed E-state index contributed by atoms with van der Waals surface area (Å²) < 4.78 is 12.9. The fourth-order valence-electron chi connectivity index (χ4n) is 2.15. The molecule has 1 aromatic heterocycles. The van der Waals surface area contributed by atoms with Crippen LogP contribution in [0.2, 0.25) is 0 Å². The van der Waals surface area contributed by atoms with Crippen LogP contribution in [0.5, 0.6) is 0 Å². The molecule has 3 rings (SSSR count). The zero-order valence-corrected chi connectivity index (χ0v) is 13.3. The lowest BCUT2D eigenvalue weighted by molar-refractivity contribution is 0.627. The highest BCUT2D eigenvalue weighted by molar-refractivity contribution is 5.38. The molecular formula is C18H18FN5. The van der Waals surface area contributed by atoms with Crippen molar-refractivity contribution in [1.29, 1.82) is 0 Å². The number of hydrogen-bond donors (Lipinski definition) is 2. The Bertz CT molecular complexity index is 723. The molecule has 2 N–H and O–H groups in total. The fourth-order valence-corrected chi connectivity index (χ4v) is 2.15. The van der Waals surface area contributed by atoms with Gasteiger partial charge in [0, 0.05) is 13.1 Å². The minimum atomic E-state index is -0.245. The molecule has 0 aliphatic rings. The second-order valence-corrected chi connectivity index (χ2v) is 5.48. The molecule has 0 atom stereocenters. The molecule has 122 valence electrons. The number of rotatable bonds is 6. The minimum Gasteiger partial charge on any atom is -0.365 e. The average Bonchev–Trinajstić information content (AvgIpc) is 2.61. The zero-order valence-electron chi connectivity index (χ0n) is 13.3. The Kier molecular flexibility index (Phi) is 4.96. The molecule has 2 aromatic carbocycles. The first-order valence-corrected chi connectivity index (χ1v) is 7.66. The summed E-state index contributed by atoms with van der Waals surface area (Å²) in [6.07, 6.45) is 1.56. The van der Waals surface area contributed by atoms with Crippen molar-refractivity contribution in [3.8, 4) is 0 Å². The number of nitrogens with one attached hydrogen (secondary N) is 2. The summed E-state index contributed by atoms with van der Waals surface area (Å²) >= 11 is 0. The molecule has 0 unspecified atom stereocenters. The summed E-state index contributed by atoms with van der Waals surface area (Å²) in [5.41, 5.74) is 3.33. The van der Waals surface area contributed by atoms with Gasteiger partial charge in [-0.2, -0.15) is 10.1 Å². The van der Waals surface area contributed by atoms with E-state index in [1.54, 1.807) is 18.3 Å². The summed E-state index contributed by atoms with van der Waals surface area (Å²) in [6, 6.07) is 14.6. The molecule has 0 amide bonds. The van der Waals surface area contributed by atoms with Gasteiger partial charge < -0.3 is 10.6 Å². The summed E-state index contributed by atoms with van der Waals surface area (Å²) in [7, 11) is 0. The maximum Gasteiger partial charge on any atom is 0.244 e. The molecule has 0 saturated carbocycles. The summed E-state index contributed by atoms with van der Waals surface area (Å²) in [6.45, 7) is 3.22. The predicted molar refractivity (Wildman–Crippen MR) is 92.1 cm³/mol. The van der Waals surface area contributed by atoms with Crippen LogP contribution in [0.1, 0.15) is 16.7 Å². The Morgan fingerprint density at radius 1 is 0.875 bits per heavy atom. The minimum absolute atomic E-state index is 0.245. The lowest BCUT2D eigenvalue weighted by Crippen LogP contribution is -2.08. The fraction of sp³-hybridized carbons (Fsp3) is 0.167. The Labute approximate surface area is 140 Å². The molecule has 5 nitrogen and oxygen atoms in total. The highest BCUT2D eigenvalue weighted by Crippen LogP contribution is 2.09. The van der Waals surface area contributed by atoms with E-state index >= 15 is 0 Å². The molecule has 0 radical (unpaired) electrons. The van der Waals surface area contributed by atoms with Crippen LogP contribution >= 0.6 is 0 Å². The number of nitrogens with zero attached hydrogens (tertiary/aromatic N) is 3. The van der Waals surface area contributed by atoms with Crippen molar-refractivity contribution >= 4 is 11.8 Å². The number of aromatic nitrogens is 3. The van der Waals surface area contributed by atoms with E-state index in [9.17, 15) is 4.39 Å². The highest BCUT2D eigenvalue weighted by atomic mass is 19.1. The van der Waals surface area contributed by atoms with E-state index in [-0.39, 0.29) is 5.82 Å². The largest absolute Gasteiger partial charge is 0.365 e. The number of hydrogen-bond acceptors (Lipinski definition) is 5. The van der Waals surface area contributed by atoms with Crippen molar-refractivity contribution in [2.45, 2.75) is 20.0 Å². The van der Waals surface area contributed by atoms with E-state index in [0.717, 1.165) is 11.1 Å². The molecule has 1 heterocycles. The van der Waals surface area contributed by atoms with Crippen molar-refractivity contribution in [1.82, 2.24) is 15.2 Å². The van der Waals surface area contributed by atoms with E-state index in [0.29, 0.717) is 24.9 Å². The molecule has 24 heavy (non-hydrogen) atoms. The number of aryl methyl sites for hydroxylation is 1. The Balaban J connectivity index is 1.57. The first-order chi connectivity index (χ1) is 11.7. The third-order valence-electron chi connectivity index (χ3n) is 3.52. The van der Waals surface area contributed by atoms with Crippen LogP contribution in [-0.4, -0.2) is 15.2 Å². The lowest BCUT2D eigenvalue weighted by atomic mass is 10.1. The highest BCUT2D eigenvalue weighted by Gasteiger charge is 2.01. The third-order valence-corrected chi connectivity index (χ3v) is 3.52. The Hall–Kier alpha value is -3.02. The van der Waals surface area contributed by atoms with Gasteiger partial charge in [0.05, 0.1) is 6.20 Å². The molecule has 0 aliphatic carbocycles. The van der Waals surface area contributed by atoms with Gasteiger partial charge in [-0.1, -0.05) is 42.0 Å². The summed E-state index contributed by atoms with van der Waals surface area (Å²) in [5, 5.41) is 14.2. The molecule has 3 aromatic rings. The van der Waals surface area contributed by atoms with E-state index in [1.165, 1.54) is 17.7 Å². The molecule has 0 bridgehead atoms. The van der Waals surface area contributed by atoms with Crippen molar-refractivity contribution in [3.63, 3.8) is 0 Å². The Morgan fingerprint density at radius 2 is 1.50 bits per heavy atom. The van der Waals surface area contributed by atoms with Crippen molar-refractivity contribution in [2.75, 3.05) is 10.6 Å². The second-order valence-electron chi connectivity index (χ2n) is 5.48. The van der Waals surface area contributed by atoms with Crippen molar-refractivity contribution in [2.24, 2.45) is 0 Å². The average molecular weight is 323 g/mol. The van der Waals surface area contributed by atoms with Crippen LogP contribution < -0.4 is 10.6 Å². The molecule has 0 spiro atoms. The number of anilines is 2. The molecule has 0 aliphatic heterocycles. The van der Waals surface area contributed by atoms with Gasteiger partial charge in [0.15, 0.2) is 5.82 Å². The smallest absolute Gasteiger partial charge is 0.244 e. The first kappa shape index (κ1) is 15.9. The first-order valence-electron chi connectivity index (χ1n) is 7.66. The monoisotopic (exact) mass is 323 g/mol. The summed E-state index contributed by atoms with van der Waals surface area (Å²) in [5.74, 6) is 0.824. The van der Waals surface area contributed by atoms with Crippen LogP contribution in [0.4, 0.5) is 16.2 Å². The van der Waals surface area contributed by atoms with Crippen molar-refractivity contribution < 1.29 is 4.39 Å². The van der Waals surface area contributed by atoms with Crippen LogP contribution in [-0.2, 0) is 13.1 Å². The van der Waals surface area contributed by atoms with Gasteiger partial charge >= 0.3 is 0 Å². The predicted octanol–water partition coefficient (Wildman–Crippen LogP) is 3.54. The topological polar surface area (TPSA) is 62.7 Å². The SMILES string of the molecule is Cc1ccc(CNc2nncc(NCc3ccc(F)cc3)n2)cc1. The van der Waals surface area contributed by atoms with Crippen molar-refractivity contribution in [3.05, 3.63) is 77.2 Å². The third kappa shape index (κ3) is 4.49. The zero-order chi connectivity index (χ0) is 16.8. The van der Waals surface area contributed by atoms with Crippen LogP contribution in [0.15, 0.2) is 54.7 Å². The molecule has 6 heteroatoms. The van der Waals surface area contributed by atoms with Gasteiger partial charge in [-0.15, -0.1) is 5.10 Å². The maximum atomic E-state index is 12.9. The van der Waals surface area contributed by atoms with Gasteiger partial charge in [-0.05, 0) is 30.2 Å². The van der Waals surface area contributed by atoms with Gasteiger partial charge in [-0.25, -0.2) is 4.39 Å². The van der Waals surface area contributed by atoms with Gasteiger partial charge in [-0.3, -0.25) is 0 Å². The van der Waals surface area contributed by atoms with Crippen LogP contribution in [0.3, 0.4) is 0 Å². The number of halogens is 1. The van der Waals surface area contributed by atoms with Gasteiger partial charge in [0.2, 0.25) is 5.95 Å². The van der Waals surface area contributed by atoms with E-state index in [4.69, 9.17) is 0 Å². The van der Waals surface area contributed by atoms with Gasteiger partial charge in [0.25, 0.3) is 0 Å². The van der Waals surface area contributed by atoms with E-state index < -0.39 is 0 Å². The maximum absolute atomic E-state index is 12.9. The quantitative estimate of drug-likeness (QED) is 0.726. The molecular weight excluding hydrogens is 305 g/mol. The number of benzene rings is 2. The molecule has 0 saturated heterocycles. The molecule has 0 fully saturated rings. The normalized spacial score (nSPS) is 10.4. The Morgan fingerprint density at radius 3 is 2.21 bits per heavy atom. The second kappa shape index (κ2) is 7.50. The van der Waals surface area contributed by atoms with E-state index in [1.807, 2.05) is 0 Å². The van der Waals surface area contributed by atoms with Crippen LogP contribution in [0, 0.1) is 12.7 Å². The van der Waals surface area contributed by atoms with Crippen LogP contribution in [0.25, 0.3) is 0 Å². The van der Waals surface area contributed by atoms with E-state index in [2.05, 4.69) is 57.0 Å².